The quantitative estimate of drug-likeness (QED) is 0.598. The highest BCUT2D eigenvalue weighted by Gasteiger charge is 1.96. The van der Waals surface area contributed by atoms with Gasteiger partial charge in [0.15, 0.2) is 0 Å². The molecule has 0 aliphatic carbocycles. The largest absolute Gasteiger partial charge is 0.0984 e. The Morgan fingerprint density at radius 1 is 1.45 bits per heavy atom. The molecule has 11 heavy (non-hydrogen) atoms. The Balaban J connectivity index is 0.00000121. The van der Waals surface area contributed by atoms with E-state index in [4.69, 9.17) is 0 Å². The van der Waals surface area contributed by atoms with Crippen molar-refractivity contribution in [2.75, 3.05) is 0 Å². The molecule has 0 spiro atoms. The topological polar surface area (TPSA) is 0 Å². The second-order valence-corrected chi connectivity index (χ2v) is 2.57. The van der Waals surface area contributed by atoms with Gasteiger partial charge in [-0.1, -0.05) is 49.1 Å². The minimum Gasteiger partial charge on any atom is -0.0984 e. The molecule has 0 fully saturated rings. The Bertz CT molecular complexity index is 287. The van der Waals surface area contributed by atoms with Crippen molar-refractivity contribution in [1.82, 2.24) is 0 Å². The van der Waals surface area contributed by atoms with Crippen molar-refractivity contribution in [3.63, 3.8) is 0 Å². The summed E-state index contributed by atoms with van der Waals surface area (Å²) < 4.78 is 0. The highest BCUT2D eigenvalue weighted by molar-refractivity contribution is 5.71. The van der Waals surface area contributed by atoms with E-state index in [1.807, 2.05) is 31.2 Å². The zero-order valence-corrected chi connectivity index (χ0v) is 6.80. The third-order valence-electron chi connectivity index (χ3n) is 1.64. The van der Waals surface area contributed by atoms with Crippen LogP contribution in [-0.2, 0) is 0 Å². The average molecular weight is 146 g/mol. The molecule has 0 amide bonds. The molecule has 58 valence electrons. The Morgan fingerprint density at radius 2 is 2.09 bits per heavy atom. The third kappa shape index (κ3) is 1.58. The summed E-state index contributed by atoms with van der Waals surface area (Å²) in [5.41, 5.74) is 3.42. The fourth-order valence-electron chi connectivity index (χ4n) is 1.06. The second-order valence-electron chi connectivity index (χ2n) is 2.57. The first-order chi connectivity index (χ1) is 5.25. The van der Waals surface area contributed by atoms with E-state index in [0.29, 0.717) is 0 Å². The summed E-state index contributed by atoms with van der Waals surface area (Å²) in [6.45, 7) is 9.62. The molecule has 0 saturated carbocycles. The van der Waals surface area contributed by atoms with Gasteiger partial charge in [0.25, 0.3) is 0 Å². The van der Waals surface area contributed by atoms with Crippen LogP contribution in [0.3, 0.4) is 0 Å². The molecule has 0 aromatic heterocycles. The molecule has 0 nitrogen and oxygen atoms in total. The molecule has 0 bridgehead atoms. The molecule has 0 aliphatic heterocycles. The van der Waals surface area contributed by atoms with Crippen molar-refractivity contribution >= 4 is 11.6 Å². The van der Waals surface area contributed by atoms with Crippen molar-refractivity contribution in [3.05, 3.63) is 48.6 Å². The van der Waals surface area contributed by atoms with Gasteiger partial charge in [-0.3, -0.25) is 0 Å². The molecule has 0 heterocycles. The zero-order valence-electron chi connectivity index (χ0n) is 6.80. The first-order valence-electron chi connectivity index (χ1n) is 3.63. The molecule has 1 aromatic carbocycles. The summed E-state index contributed by atoms with van der Waals surface area (Å²) in [4.78, 5) is 0. The van der Waals surface area contributed by atoms with Gasteiger partial charge in [0.2, 0.25) is 0 Å². The number of hydrogen-bond acceptors (Lipinski definition) is 0. The fourth-order valence-corrected chi connectivity index (χ4v) is 1.06. The van der Waals surface area contributed by atoms with Crippen LogP contribution in [0.2, 0.25) is 0 Å². The maximum atomic E-state index is 3.89. The molecule has 0 heteroatoms. The molecule has 0 atom stereocenters. The van der Waals surface area contributed by atoms with Crippen LogP contribution >= 0.6 is 0 Å². The number of rotatable bonds is 2. The minimum atomic E-state index is 0. The van der Waals surface area contributed by atoms with Gasteiger partial charge in [0.05, 0.1) is 0 Å². The summed E-state index contributed by atoms with van der Waals surface area (Å²) in [6.07, 6.45) is 1.85. The fraction of sp³-hybridized carbons (Fsp3) is 0.0909. The molecular formula is C11H14. The van der Waals surface area contributed by atoms with E-state index in [9.17, 15) is 0 Å². The van der Waals surface area contributed by atoms with Gasteiger partial charge >= 0.3 is 0 Å². The summed E-state index contributed by atoms with van der Waals surface area (Å²) in [5, 5.41) is 0. The van der Waals surface area contributed by atoms with Gasteiger partial charge in [-0.05, 0) is 18.1 Å². The monoisotopic (exact) mass is 146 g/mol. The zero-order chi connectivity index (χ0) is 8.27. The van der Waals surface area contributed by atoms with Crippen molar-refractivity contribution in [2.24, 2.45) is 0 Å². The van der Waals surface area contributed by atoms with Crippen molar-refractivity contribution in [1.29, 1.82) is 0 Å². The Labute approximate surface area is 69.4 Å². The van der Waals surface area contributed by atoms with Crippen LogP contribution in [-0.4, -0.2) is 0 Å². The molecule has 0 radical (unpaired) electrons. The van der Waals surface area contributed by atoms with Crippen molar-refractivity contribution in [3.8, 4) is 0 Å². The highest BCUT2D eigenvalue weighted by Crippen LogP contribution is 2.17. The number of hydrogen-bond donors (Lipinski definition) is 0. The van der Waals surface area contributed by atoms with Gasteiger partial charge in [-0.2, -0.15) is 0 Å². The predicted molar refractivity (Wildman–Crippen MR) is 53.4 cm³/mol. The second kappa shape index (κ2) is 3.20. The lowest BCUT2D eigenvalue weighted by Gasteiger charge is -2.02. The normalized spacial score (nSPS) is 9.18. The van der Waals surface area contributed by atoms with Gasteiger partial charge in [-0.25, -0.2) is 0 Å². The van der Waals surface area contributed by atoms with Crippen LogP contribution in [0, 0.1) is 0 Å². The highest BCUT2D eigenvalue weighted by atomic mass is 14.0. The van der Waals surface area contributed by atoms with E-state index >= 15 is 0 Å². The van der Waals surface area contributed by atoms with E-state index < -0.39 is 0 Å². The van der Waals surface area contributed by atoms with E-state index in [1.165, 1.54) is 5.56 Å². The van der Waals surface area contributed by atoms with Crippen LogP contribution < -0.4 is 0 Å². The smallest absolute Gasteiger partial charge is 0 e. The Hall–Kier alpha value is -1.30. The summed E-state index contributed by atoms with van der Waals surface area (Å²) in [7, 11) is 0. The molecule has 0 saturated heterocycles. The lowest BCUT2D eigenvalue weighted by molar-refractivity contribution is 1.55. The molecule has 1 aromatic rings. The number of benzene rings is 1. The first kappa shape index (κ1) is 7.80. The molecular weight excluding hydrogens is 132 g/mol. The molecule has 0 unspecified atom stereocenters. The summed E-state index contributed by atoms with van der Waals surface area (Å²) in [6, 6.07) is 8.11. The van der Waals surface area contributed by atoms with Gasteiger partial charge in [-0.15, -0.1) is 0 Å². The van der Waals surface area contributed by atoms with Gasteiger partial charge in [0.1, 0.15) is 0 Å². The van der Waals surface area contributed by atoms with Gasteiger partial charge < -0.3 is 0 Å². The molecule has 0 N–H and O–H groups in total. The standard InChI is InChI=1S/C11H12.H2/c1-4-10-7-5-6-8-11(10)9(2)3;/h4-8H,1-2H2,3H3;1H. The first-order valence-corrected chi connectivity index (χ1v) is 3.63. The van der Waals surface area contributed by atoms with Crippen LogP contribution in [0.25, 0.3) is 11.6 Å². The Morgan fingerprint density at radius 3 is 2.55 bits per heavy atom. The van der Waals surface area contributed by atoms with E-state index in [1.54, 1.807) is 0 Å². The Kier molecular flexibility index (Phi) is 2.27. The summed E-state index contributed by atoms with van der Waals surface area (Å²) >= 11 is 0. The number of allylic oxidation sites excluding steroid dienone is 1. The van der Waals surface area contributed by atoms with Crippen molar-refractivity contribution < 1.29 is 1.43 Å². The SMILES string of the molecule is C=Cc1ccccc1C(=C)C.[HH]. The lowest BCUT2D eigenvalue weighted by Crippen LogP contribution is -1.82. The van der Waals surface area contributed by atoms with E-state index in [0.717, 1.165) is 11.1 Å². The minimum absolute atomic E-state index is 0. The average Bonchev–Trinajstić information content (AvgIpc) is 2.04. The van der Waals surface area contributed by atoms with E-state index in [2.05, 4.69) is 19.2 Å². The molecule has 1 rings (SSSR count). The van der Waals surface area contributed by atoms with Crippen LogP contribution in [0.4, 0.5) is 0 Å². The van der Waals surface area contributed by atoms with Crippen LogP contribution in [0.15, 0.2) is 37.4 Å². The molecule has 0 aliphatic rings. The lowest BCUT2D eigenvalue weighted by atomic mass is 10.0. The van der Waals surface area contributed by atoms with E-state index in [-0.39, 0.29) is 1.43 Å². The van der Waals surface area contributed by atoms with Crippen molar-refractivity contribution in [2.45, 2.75) is 6.92 Å². The third-order valence-corrected chi connectivity index (χ3v) is 1.64. The maximum Gasteiger partial charge on any atom is 0 e. The van der Waals surface area contributed by atoms with Crippen LogP contribution in [0.5, 0.6) is 0 Å². The summed E-state index contributed by atoms with van der Waals surface area (Å²) in [5.74, 6) is 0. The maximum absolute atomic E-state index is 3.89. The predicted octanol–water partition coefficient (Wildman–Crippen LogP) is 3.61. The van der Waals surface area contributed by atoms with Crippen LogP contribution in [0.1, 0.15) is 19.5 Å². The van der Waals surface area contributed by atoms with Gasteiger partial charge in [0, 0.05) is 1.43 Å².